The molecule has 2 rings (SSSR count). The van der Waals surface area contributed by atoms with Crippen LogP contribution in [0.3, 0.4) is 0 Å². The van der Waals surface area contributed by atoms with Gasteiger partial charge in [0, 0.05) is 43.2 Å². The van der Waals surface area contributed by atoms with Crippen molar-refractivity contribution in [1.29, 1.82) is 0 Å². The third kappa shape index (κ3) is 4.23. The van der Waals surface area contributed by atoms with Crippen LogP contribution >= 0.6 is 11.8 Å². The van der Waals surface area contributed by atoms with Gasteiger partial charge in [0.15, 0.2) is 0 Å². The van der Waals surface area contributed by atoms with Gasteiger partial charge in [-0.1, -0.05) is 33.1 Å². The molecule has 2 fully saturated rings. The Balaban J connectivity index is 2.04. The van der Waals surface area contributed by atoms with Gasteiger partial charge in [-0.25, -0.2) is 0 Å². The van der Waals surface area contributed by atoms with Gasteiger partial charge in [-0.15, -0.1) is 0 Å². The molecule has 0 atom stereocenters. The normalized spacial score (nSPS) is 22.7. The van der Waals surface area contributed by atoms with E-state index in [0.717, 1.165) is 19.4 Å². The molecule has 0 aromatic carbocycles. The maximum Gasteiger partial charge on any atom is 0.227 e. The molecule has 1 aliphatic carbocycles. The molecule has 4 nitrogen and oxygen atoms in total. The van der Waals surface area contributed by atoms with Crippen LogP contribution in [0.1, 0.15) is 58.8 Å². The van der Waals surface area contributed by atoms with E-state index < -0.39 is 0 Å². The van der Waals surface area contributed by atoms with Crippen LogP contribution in [0, 0.1) is 5.41 Å². The molecule has 1 saturated carbocycles. The zero-order valence-electron chi connectivity index (χ0n) is 15.0. The third-order valence-electron chi connectivity index (χ3n) is 6.27. The van der Waals surface area contributed by atoms with Crippen molar-refractivity contribution in [2.24, 2.45) is 11.1 Å². The van der Waals surface area contributed by atoms with E-state index in [4.69, 9.17) is 5.73 Å². The summed E-state index contributed by atoms with van der Waals surface area (Å²) >= 11 is 2.06. The Bertz CT molecular complexity index is 364. The van der Waals surface area contributed by atoms with Gasteiger partial charge in [-0.3, -0.25) is 9.69 Å². The van der Waals surface area contributed by atoms with Crippen molar-refractivity contribution in [2.45, 2.75) is 64.3 Å². The predicted octanol–water partition coefficient (Wildman–Crippen LogP) is 2.62. The number of hydrogen-bond donors (Lipinski definition) is 2. The minimum Gasteiger partial charge on any atom is -0.354 e. The van der Waals surface area contributed by atoms with Gasteiger partial charge in [0.2, 0.25) is 5.91 Å². The first-order valence-corrected chi connectivity index (χ1v) is 10.6. The quantitative estimate of drug-likeness (QED) is 0.747. The molecule has 1 aliphatic heterocycles. The van der Waals surface area contributed by atoms with Crippen LogP contribution in [0.5, 0.6) is 0 Å². The SMILES string of the molecule is CCC(CC)(CN)C(=O)NCC1(N2CCSCC2)CCCCC1. The average Bonchev–Trinajstić information content (AvgIpc) is 2.63. The average molecular weight is 342 g/mol. The second-order valence-corrected chi connectivity index (χ2v) is 8.48. The number of rotatable bonds is 7. The van der Waals surface area contributed by atoms with Gasteiger partial charge in [-0.2, -0.15) is 11.8 Å². The van der Waals surface area contributed by atoms with E-state index in [9.17, 15) is 4.79 Å². The minimum absolute atomic E-state index is 0.168. The maximum atomic E-state index is 12.8. The summed E-state index contributed by atoms with van der Waals surface area (Å²) < 4.78 is 0. The highest BCUT2D eigenvalue weighted by molar-refractivity contribution is 7.99. The lowest BCUT2D eigenvalue weighted by molar-refractivity contribution is -0.132. The summed E-state index contributed by atoms with van der Waals surface area (Å²) in [5.41, 5.74) is 5.75. The Morgan fingerprint density at radius 2 is 1.78 bits per heavy atom. The van der Waals surface area contributed by atoms with Gasteiger partial charge in [0.05, 0.1) is 5.41 Å². The first-order valence-electron chi connectivity index (χ1n) is 9.43. The molecular formula is C18H35N3OS. The molecule has 1 heterocycles. The van der Waals surface area contributed by atoms with Crippen molar-refractivity contribution in [1.82, 2.24) is 10.2 Å². The van der Waals surface area contributed by atoms with Crippen molar-refractivity contribution in [3.63, 3.8) is 0 Å². The highest BCUT2D eigenvalue weighted by Crippen LogP contribution is 2.35. The van der Waals surface area contributed by atoms with Crippen LogP contribution < -0.4 is 11.1 Å². The van der Waals surface area contributed by atoms with Crippen LogP contribution in [0.2, 0.25) is 0 Å². The zero-order valence-corrected chi connectivity index (χ0v) is 15.8. The van der Waals surface area contributed by atoms with E-state index in [1.54, 1.807) is 0 Å². The Labute approximate surface area is 146 Å². The fraction of sp³-hybridized carbons (Fsp3) is 0.944. The number of carbonyl (C=O) groups is 1. The van der Waals surface area contributed by atoms with E-state index in [0.29, 0.717) is 6.54 Å². The molecule has 0 aromatic heterocycles. The van der Waals surface area contributed by atoms with Crippen LogP contribution in [-0.2, 0) is 4.79 Å². The van der Waals surface area contributed by atoms with Crippen LogP contribution in [-0.4, -0.2) is 54.0 Å². The van der Waals surface area contributed by atoms with Crippen molar-refractivity contribution < 1.29 is 4.79 Å². The molecule has 0 radical (unpaired) electrons. The lowest BCUT2D eigenvalue weighted by atomic mass is 9.78. The monoisotopic (exact) mass is 341 g/mol. The van der Waals surface area contributed by atoms with Crippen LogP contribution in [0.15, 0.2) is 0 Å². The lowest BCUT2D eigenvalue weighted by Crippen LogP contribution is -2.60. The van der Waals surface area contributed by atoms with Crippen LogP contribution in [0.4, 0.5) is 0 Å². The second-order valence-electron chi connectivity index (χ2n) is 7.26. The smallest absolute Gasteiger partial charge is 0.227 e. The van der Waals surface area contributed by atoms with Crippen molar-refractivity contribution in [3.05, 3.63) is 0 Å². The van der Waals surface area contributed by atoms with E-state index in [1.807, 2.05) is 0 Å². The number of thioether (sulfide) groups is 1. The first kappa shape index (κ1) is 19.1. The lowest BCUT2D eigenvalue weighted by Gasteiger charge is -2.48. The van der Waals surface area contributed by atoms with Crippen molar-refractivity contribution in [2.75, 3.05) is 37.7 Å². The Kier molecular flexibility index (Phi) is 7.23. The molecule has 0 unspecified atom stereocenters. The predicted molar refractivity (Wildman–Crippen MR) is 99.8 cm³/mol. The highest BCUT2D eigenvalue weighted by Gasteiger charge is 2.40. The number of hydrogen-bond acceptors (Lipinski definition) is 4. The van der Waals surface area contributed by atoms with Gasteiger partial charge >= 0.3 is 0 Å². The van der Waals surface area contributed by atoms with Crippen LogP contribution in [0.25, 0.3) is 0 Å². The maximum absolute atomic E-state index is 12.8. The van der Waals surface area contributed by atoms with E-state index in [1.165, 1.54) is 56.7 Å². The summed E-state index contributed by atoms with van der Waals surface area (Å²) in [4.78, 5) is 15.5. The fourth-order valence-corrected chi connectivity index (χ4v) is 5.14. The molecule has 5 heteroatoms. The minimum atomic E-state index is -0.381. The summed E-state index contributed by atoms with van der Waals surface area (Å²) in [6.45, 7) is 7.74. The second kappa shape index (κ2) is 8.72. The first-order chi connectivity index (χ1) is 11.1. The third-order valence-corrected chi connectivity index (χ3v) is 7.21. The van der Waals surface area contributed by atoms with E-state index in [2.05, 4.69) is 35.8 Å². The Morgan fingerprint density at radius 3 is 2.30 bits per heavy atom. The molecule has 3 N–H and O–H groups in total. The highest BCUT2D eigenvalue weighted by atomic mass is 32.2. The van der Waals surface area contributed by atoms with Crippen molar-refractivity contribution >= 4 is 17.7 Å². The summed E-state index contributed by atoms with van der Waals surface area (Å²) in [6, 6.07) is 0. The number of nitrogens with zero attached hydrogens (tertiary/aromatic N) is 1. The molecule has 1 amide bonds. The summed E-state index contributed by atoms with van der Waals surface area (Å²) in [5.74, 6) is 2.62. The van der Waals surface area contributed by atoms with Crippen molar-refractivity contribution in [3.8, 4) is 0 Å². The topological polar surface area (TPSA) is 58.4 Å². The fourth-order valence-electron chi connectivity index (χ4n) is 4.24. The largest absolute Gasteiger partial charge is 0.354 e. The molecular weight excluding hydrogens is 306 g/mol. The molecule has 1 saturated heterocycles. The zero-order chi connectivity index (χ0) is 16.8. The number of nitrogens with one attached hydrogen (secondary N) is 1. The molecule has 134 valence electrons. The Morgan fingerprint density at radius 1 is 1.17 bits per heavy atom. The van der Waals surface area contributed by atoms with E-state index in [-0.39, 0.29) is 16.9 Å². The van der Waals surface area contributed by atoms with Gasteiger partial charge in [0.1, 0.15) is 0 Å². The molecule has 0 spiro atoms. The molecule has 23 heavy (non-hydrogen) atoms. The number of amides is 1. The van der Waals surface area contributed by atoms with Gasteiger partial charge in [0.25, 0.3) is 0 Å². The van der Waals surface area contributed by atoms with Gasteiger partial charge in [-0.05, 0) is 25.7 Å². The molecule has 2 aliphatic rings. The summed E-state index contributed by atoms with van der Waals surface area (Å²) in [7, 11) is 0. The van der Waals surface area contributed by atoms with E-state index >= 15 is 0 Å². The number of nitrogens with two attached hydrogens (primary N) is 1. The molecule has 0 bridgehead atoms. The molecule has 0 aromatic rings. The standard InChI is InChI=1S/C18H35N3OS/c1-3-17(4-2,14-19)16(22)20-15-18(8-6-5-7-9-18)21-10-12-23-13-11-21/h3-15,19H2,1-2H3,(H,20,22). The van der Waals surface area contributed by atoms with Gasteiger partial charge < -0.3 is 11.1 Å². The number of carbonyl (C=O) groups excluding carboxylic acids is 1. The summed E-state index contributed by atoms with van der Waals surface area (Å²) in [5, 5.41) is 3.32. The summed E-state index contributed by atoms with van der Waals surface area (Å²) in [6.07, 6.45) is 8.02. The Hall–Kier alpha value is -0.260.